The van der Waals surface area contributed by atoms with Crippen LogP contribution in [0.3, 0.4) is 0 Å². The molecule has 1 aliphatic rings. The Bertz CT molecular complexity index is 847. The van der Waals surface area contributed by atoms with Crippen LogP contribution in [0, 0.1) is 18.2 Å². The molecule has 1 aliphatic carbocycles. The van der Waals surface area contributed by atoms with E-state index in [1.54, 1.807) is 19.1 Å². The first-order valence-corrected chi connectivity index (χ1v) is 12.4. The van der Waals surface area contributed by atoms with Crippen molar-refractivity contribution in [3.05, 3.63) is 36.0 Å². The summed E-state index contributed by atoms with van der Waals surface area (Å²) in [5, 5.41) is 11.0. The van der Waals surface area contributed by atoms with Crippen molar-refractivity contribution in [3.63, 3.8) is 0 Å². The minimum atomic E-state index is -3.30. The number of aliphatic carboxylic acids is 1. The number of hydrogen-bond acceptors (Lipinski definition) is 5. The van der Waals surface area contributed by atoms with Crippen LogP contribution >= 0.6 is 0 Å². The number of ether oxygens (including phenoxy) is 1. The fourth-order valence-corrected chi connectivity index (χ4v) is 4.97. The fourth-order valence-electron chi connectivity index (χ4n) is 3.20. The molecule has 2 N–H and O–H groups in total. The van der Waals surface area contributed by atoms with E-state index in [1.165, 1.54) is 18.9 Å². The zero-order valence-corrected chi connectivity index (χ0v) is 21.9. The molecule has 0 saturated heterocycles. The van der Waals surface area contributed by atoms with Gasteiger partial charge in [0.2, 0.25) is 0 Å². The molecule has 1 unspecified atom stereocenters. The van der Waals surface area contributed by atoms with Crippen LogP contribution in [-0.2, 0) is 52.1 Å². The maximum Gasteiger partial charge on any atom is 0.291 e. The van der Waals surface area contributed by atoms with Crippen LogP contribution in [0.5, 0.6) is 5.75 Å². The van der Waals surface area contributed by atoms with Gasteiger partial charge in [0.15, 0.2) is 21.4 Å². The summed E-state index contributed by atoms with van der Waals surface area (Å²) < 4.78 is 44.4. The zero-order valence-electron chi connectivity index (χ0n) is 18.3. The molecule has 1 aromatic carbocycles. The molecule has 0 spiro atoms. The van der Waals surface area contributed by atoms with Gasteiger partial charge in [-0.05, 0) is 54.8 Å². The van der Waals surface area contributed by atoms with Crippen molar-refractivity contribution in [2.45, 2.75) is 57.4 Å². The largest absolute Gasteiger partial charge is 0.543 e. The van der Waals surface area contributed by atoms with Crippen LogP contribution < -0.4 is 10.1 Å². The average molecular weight is 544 g/mol. The Morgan fingerprint density at radius 1 is 1.34 bits per heavy atom. The van der Waals surface area contributed by atoms with Crippen molar-refractivity contribution in [2.24, 2.45) is 5.92 Å². The van der Waals surface area contributed by atoms with Gasteiger partial charge in [0, 0.05) is 32.7 Å². The maximum atomic E-state index is 13.9. The molecule has 0 aliphatic heterocycles. The number of unbranched alkanes of at least 4 members (excludes halogenated alkanes) is 3. The van der Waals surface area contributed by atoms with Crippen LogP contribution in [0.4, 0.5) is 4.39 Å². The monoisotopic (exact) mass is 544 g/mol. The van der Waals surface area contributed by atoms with Gasteiger partial charge in [-0.1, -0.05) is 25.8 Å². The number of carboxylic acids is 1. The van der Waals surface area contributed by atoms with E-state index in [0.29, 0.717) is 38.2 Å². The van der Waals surface area contributed by atoms with E-state index < -0.39 is 27.7 Å². The van der Waals surface area contributed by atoms with Gasteiger partial charge in [-0.3, -0.25) is 11.2 Å². The van der Waals surface area contributed by atoms with Crippen molar-refractivity contribution >= 4 is 22.2 Å². The van der Waals surface area contributed by atoms with Gasteiger partial charge in [-0.15, -0.1) is 0 Å². The van der Waals surface area contributed by atoms with E-state index in [9.17, 15) is 22.4 Å². The van der Waals surface area contributed by atoms with Crippen LogP contribution in [-0.4, -0.2) is 50.1 Å². The Labute approximate surface area is 214 Å². The fraction of sp³-hybridized carbons (Fsp3) is 0.591. The number of carboxylic acid groups (broad SMARTS) is 1. The van der Waals surface area contributed by atoms with E-state index in [0.717, 1.165) is 18.4 Å². The molecule has 0 heterocycles. The molecular formula is C22H30FNO6SY-2. The summed E-state index contributed by atoms with van der Waals surface area (Å²) in [6, 6.07) is 3.42. The average Bonchev–Trinajstić information content (AvgIpc) is 3.53. The maximum absolute atomic E-state index is 13.9. The normalized spacial score (nSPS) is 15.3. The second-order valence-corrected chi connectivity index (χ2v) is 10.3. The first kappa shape index (κ1) is 29.0. The minimum Gasteiger partial charge on any atom is -0.543 e. The molecule has 1 radical (unpaired) electrons. The van der Waals surface area contributed by atoms with E-state index in [4.69, 9.17) is 9.84 Å². The third-order valence-corrected chi connectivity index (χ3v) is 7.16. The number of halogens is 1. The molecule has 7 nitrogen and oxygen atoms in total. The third kappa shape index (κ3) is 10.7. The number of nitrogens with one attached hydrogen (secondary N) is 1. The number of carbonyl (C=O) groups is 1. The molecule has 2 atom stereocenters. The quantitative estimate of drug-likeness (QED) is 0.188. The molecule has 177 valence electrons. The molecule has 1 amide bonds. The summed E-state index contributed by atoms with van der Waals surface area (Å²) >= 11 is 0. The van der Waals surface area contributed by atoms with Gasteiger partial charge in [-0.25, -0.2) is 12.8 Å². The second-order valence-electron chi connectivity index (χ2n) is 8.11. The van der Waals surface area contributed by atoms with E-state index in [2.05, 4.69) is 5.32 Å². The van der Waals surface area contributed by atoms with Gasteiger partial charge in [0.05, 0.1) is 18.1 Å². The van der Waals surface area contributed by atoms with Gasteiger partial charge >= 0.3 is 0 Å². The van der Waals surface area contributed by atoms with Gasteiger partial charge in [0.1, 0.15) is 0 Å². The zero-order chi connectivity index (χ0) is 22.9. The molecule has 0 aromatic heterocycles. The van der Waals surface area contributed by atoms with Crippen molar-refractivity contribution < 1.29 is 64.9 Å². The Hall–Kier alpha value is -1.06. The van der Waals surface area contributed by atoms with Crippen LogP contribution in [0.25, 0.3) is 0 Å². The minimum absolute atomic E-state index is 0. The molecular weight excluding hydrogens is 514 g/mol. The van der Waals surface area contributed by atoms with Gasteiger partial charge in [-0.2, -0.15) is 12.8 Å². The standard InChI is InChI=1S/C22H30FNO6S.Y/c1-16(18-9-10-19(23)21(12-18)30-13-17-7-8-17)14-31(28,29)11-5-3-2-4-6-20(22(26)27)24-15-25;/h6,9-10,12,16-17,20H,2-5,7-8,11,13-14H2,1H3,(H,24,25)(H,26,27);/q-2;/t16-,20?;/m0./s1. The SMILES string of the molecule is C[C@@H](CS(=O)(=O)CCCCC[CH-]C(N[C-]=O)C(=O)O)c1ccc(F)c(OCC2CC2)c1.[Y]. The summed E-state index contributed by atoms with van der Waals surface area (Å²) in [5.41, 5.74) is 0.726. The van der Waals surface area contributed by atoms with Crippen LogP contribution in [0.2, 0.25) is 0 Å². The Morgan fingerprint density at radius 2 is 2.06 bits per heavy atom. The summed E-state index contributed by atoms with van der Waals surface area (Å²) in [5.74, 6) is -1.23. The van der Waals surface area contributed by atoms with Crippen molar-refractivity contribution in [1.29, 1.82) is 0 Å². The Kier molecular flexibility index (Phi) is 12.9. The van der Waals surface area contributed by atoms with Crippen molar-refractivity contribution in [1.82, 2.24) is 5.32 Å². The van der Waals surface area contributed by atoms with Crippen LogP contribution in [0.1, 0.15) is 56.9 Å². The number of sulfone groups is 1. The Morgan fingerprint density at radius 3 is 2.69 bits per heavy atom. The first-order valence-electron chi connectivity index (χ1n) is 10.5. The number of rotatable bonds is 16. The summed E-state index contributed by atoms with van der Waals surface area (Å²) in [6.07, 6.45) is 7.17. The third-order valence-electron chi connectivity index (χ3n) is 5.24. The molecule has 2 rings (SSSR count). The van der Waals surface area contributed by atoms with Crippen molar-refractivity contribution in [2.75, 3.05) is 18.1 Å². The summed E-state index contributed by atoms with van der Waals surface area (Å²) in [7, 11) is -3.30. The van der Waals surface area contributed by atoms with Gasteiger partial charge < -0.3 is 20.0 Å². The molecule has 10 heteroatoms. The molecule has 1 aromatic rings. The Balaban J connectivity index is 0.00000512. The predicted molar refractivity (Wildman–Crippen MR) is 115 cm³/mol. The molecule has 0 bridgehead atoms. The number of carbonyl (C=O) groups excluding carboxylic acids is 1. The topological polar surface area (TPSA) is 110 Å². The van der Waals surface area contributed by atoms with E-state index in [-0.39, 0.29) is 55.9 Å². The number of benzene rings is 1. The summed E-state index contributed by atoms with van der Waals surface area (Å²) in [6.45, 7) is 2.29. The predicted octanol–water partition coefficient (Wildman–Crippen LogP) is 3.00. The summed E-state index contributed by atoms with van der Waals surface area (Å²) in [4.78, 5) is 21.1. The molecule has 1 saturated carbocycles. The van der Waals surface area contributed by atoms with Crippen LogP contribution in [0.15, 0.2) is 18.2 Å². The second kappa shape index (κ2) is 14.3. The van der Waals surface area contributed by atoms with Gasteiger partial charge in [0.25, 0.3) is 5.97 Å². The number of hydrogen-bond donors (Lipinski definition) is 2. The number of amides is 1. The van der Waals surface area contributed by atoms with E-state index in [1.807, 2.05) is 0 Å². The molecule has 1 fully saturated rings. The smallest absolute Gasteiger partial charge is 0.291 e. The van der Waals surface area contributed by atoms with Crippen molar-refractivity contribution in [3.8, 4) is 5.75 Å². The van der Waals surface area contributed by atoms with E-state index >= 15 is 0 Å². The molecule has 32 heavy (non-hydrogen) atoms. The first-order chi connectivity index (χ1) is 14.7.